The van der Waals surface area contributed by atoms with Crippen molar-refractivity contribution in [2.75, 3.05) is 11.9 Å². The first-order valence-corrected chi connectivity index (χ1v) is 4.05. The fourth-order valence-corrected chi connectivity index (χ4v) is 0.781. The summed E-state index contributed by atoms with van der Waals surface area (Å²) >= 11 is 0. The number of rotatable bonds is 4. The van der Waals surface area contributed by atoms with E-state index in [1.807, 2.05) is 0 Å². The van der Waals surface area contributed by atoms with E-state index in [0.717, 1.165) is 18.3 Å². The number of aromatic nitrogens is 2. The largest absolute Gasteiger partial charge is 0.370 e. The molecule has 1 heterocycles. The van der Waals surface area contributed by atoms with Crippen molar-refractivity contribution < 1.29 is 0 Å². The number of nitrogens with zero attached hydrogens (tertiary/aromatic N) is 1. The van der Waals surface area contributed by atoms with Gasteiger partial charge in [-0.2, -0.15) is 0 Å². The Hall–Kier alpha value is -0.990. The van der Waals surface area contributed by atoms with Crippen molar-refractivity contribution in [3.63, 3.8) is 0 Å². The topological polar surface area (TPSA) is 40.7 Å². The number of imidazole rings is 1. The number of anilines is 1. The molecule has 1 aromatic rings. The van der Waals surface area contributed by atoms with Crippen LogP contribution in [0.15, 0.2) is 12.5 Å². The lowest BCUT2D eigenvalue weighted by atomic mass is 10.1. The van der Waals surface area contributed by atoms with Gasteiger partial charge in [0.15, 0.2) is 0 Å². The number of aromatic amines is 1. The van der Waals surface area contributed by atoms with E-state index in [1.165, 1.54) is 6.42 Å². The molecule has 11 heavy (non-hydrogen) atoms. The summed E-state index contributed by atoms with van der Waals surface area (Å²) in [6.07, 6.45) is 4.68. The van der Waals surface area contributed by atoms with Gasteiger partial charge in [-0.05, 0) is 5.92 Å². The summed E-state index contributed by atoms with van der Waals surface area (Å²) in [5.41, 5.74) is 0. The molecule has 0 radical (unpaired) electrons. The molecule has 3 heteroatoms. The van der Waals surface area contributed by atoms with Crippen LogP contribution in [0.2, 0.25) is 0 Å². The molecule has 1 aromatic heterocycles. The number of nitrogens with one attached hydrogen (secondary N) is 2. The summed E-state index contributed by atoms with van der Waals surface area (Å²) in [6.45, 7) is 5.43. The highest BCUT2D eigenvalue weighted by atomic mass is 15.0. The van der Waals surface area contributed by atoms with Crippen LogP contribution in [-0.2, 0) is 0 Å². The summed E-state index contributed by atoms with van der Waals surface area (Å²) < 4.78 is 0. The van der Waals surface area contributed by atoms with Crippen LogP contribution in [0.1, 0.15) is 20.3 Å². The minimum atomic E-state index is 0.721. The number of H-pyrrole nitrogens is 1. The standard InChI is InChI=1S/C8H15N3/c1-3-7(2)4-10-8-5-9-6-11-8/h5-7,10H,3-4H2,1-2H3,(H,9,11). The van der Waals surface area contributed by atoms with Crippen molar-refractivity contribution in [1.29, 1.82) is 0 Å². The van der Waals surface area contributed by atoms with Gasteiger partial charge >= 0.3 is 0 Å². The van der Waals surface area contributed by atoms with Gasteiger partial charge in [-0.1, -0.05) is 20.3 Å². The van der Waals surface area contributed by atoms with Gasteiger partial charge < -0.3 is 10.3 Å². The van der Waals surface area contributed by atoms with E-state index >= 15 is 0 Å². The van der Waals surface area contributed by atoms with Crippen LogP contribution in [0.4, 0.5) is 5.82 Å². The van der Waals surface area contributed by atoms with Crippen LogP contribution in [0.3, 0.4) is 0 Å². The molecule has 0 saturated heterocycles. The summed E-state index contributed by atoms with van der Waals surface area (Å²) in [4.78, 5) is 6.90. The Bertz CT molecular complexity index is 181. The van der Waals surface area contributed by atoms with E-state index in [0.29, 0.717) is 0 Å². The SMILES string of the molecule is CCC(C)CNc1cnc[nH]1. The first-order chi connectivity index (χ1) is 5.33. The van der Waals surface area contributed by atoms with Crippen LogP contribution in [0, 0.1) is 5.92 Å². The molecule has 0 saturated carbocycles. The third-order valence-corrected chi connectivity index (χ3v) is 1.84. The smallest absolute Gasteiger partial charge is 0.123 e. The maximum atomic E-state index is 3.91. The highest BCUT2D eigenvalue weighted by Gasteiger charge is 1.97. The molecule has 1 unspecified atom stereocenters. The Morgan fingerprint density at radius 3 is 3.09 bits per heavy atom. The van der Waals surface area contributed by atoms with Gasteiger partial charge in [-0.3, -0.25) is 0 Å². The molecule has 0 spiro atoms. The third-order valence-electron chi connectivity index (χ3n) is 1.84. The van der Waals surface area contributed by atoms with E-state index in [4.69, 9.17) is 0 Å². The van der Waals surface area contributed by atoms with Crippen molar-refractivity contribution in [2.24, 2.45) is 5.92 Å². The van der Waals surface area contributed by atoms with Gasteiger partial charge in [-0.25, -0.2) is 4.98 Å². The minimum absolute atomic E-state index is 0.721. The number of hydrogen-bond acceptors (Lipinski definition) is 2. The lowest BCUT2D eigenvalue weighted by Crippen LogP contribution is -2.10. The molecule has 0 aromatic carbocycles. The minimum Gasteiger partial charge on any atom is -0.370 e. The highest BCUT2D eigenvalue weighted by molar-refractivity contribution is 5.29. The molecule has 0 aliphatic rings. The Morgan fingerprint density at radius 1 is 1.73 bits per heavy atom. The number of hydrogen-bond donors (Lipinski definition) is 2. The molecular formula is C8H15N3. The molecule has 1 rings (SSSR count). The van der Waals surface area contributed by atoms with E-state index in [9.17, 15) is 0 Å². The lowest BCUT2D eigenvalue weighted by molar-refractivity contribution is 0.592. The van der Waals surface area contributed by atoms with Crippen molar-refractivity contribution in [1.82, 2.24) is 9.97 Å². The molecule has 0 amide bonds. The molecule has 62 valence electrons. The maximum Gasteiger partial charge on any atom is 0.123 e. The monoisotopic (exact) mass is 153 g/mol. The molecule has 1 atom stereocenters. The van der Waals surface area contributed by atoms with E-state index in [-0.39, 0.29) is 0 Å². The Labute approximate surface area is 67.2 Å². The van der Waals surface area contributed by atoms with Crippen molar-refractivity contribution in [3.8, 4) is 0 Å². The second-order valence-electron chi connectivity index (χ2n) is 2.86. The Morgan fingerprint density at radius 2 is 2.55 bits per heavy atom. The average Bonchev–Trinajstić information content (AvgIpc) is 2.52. The predicted molar refractivity (Wildman–Crippen MR) is 46.5 cm³/mol. The van der Waals surface area contributed by atoms with E-state index in [2.05, 4.69) is 29.1 Å². The summed E-state index contributed by atoms with van der Waals surface area (Å²) in [5.74, 6) is 1.73. The van der Waals surface area contributed by atoms with Gasteiger partial charge in [-0.15, -0.1) is 0 Å². The third kappa shape index (κ3) is 2.62. The molecule has 2 N–H and O–H groups in total. The van der Waals surface area contributed by atoms with Gasteiger partial charge in [0.1, 0.15) is 5.82 Å². The maximum absolute atomic E-state index is 3.91. The second kappa shape index (κ2) is 4.01. The quantitative estimate of drug-likeness (QED) is 0.693. The first-order valence-electron chi connectivity index (χ1n) is 4.05. The van der Waals surface area contributed by atoms with Crippen LogP contribution >= 0.6 is 0 Å². The second-order valence-corrected chi connectivity index (χ2v) is 2.86. The van der Waals surface area contributed by atoms with Crippen LogP contribution in [-0.4, -0.2) is 16.5 Å². The van der Waals surface area contributed by atoms with Crippen LogP contribution in [0.5, 0.6) is 0 Å². The van der Waals surface area contributed by atoms with E-state index in [1.54, 1.807) is 12.5 Å². The lowest BCUT2D eigenvalue weighted by Gasteiger charge is -2.08. The van der Waals surface area contributed by atoms with Gasteiger partial charge in [0, 0.05) is 6.54 Å². The first kappa shape index (κ1) is 8.11. The van der Waals surface area contributed by atoms with Crippen molar-refractivity contribution in [2.45, 2.75) is 20.3 Å². The zero-order valence-corrected chi connectivity index (χ0v) is 7.09. The summed E-state index contributed by atoms with van der Waals surface area (Å²) in [5, 5.41) is 3.26. The summed E-state index contributed by atoms with van der Waals surface area (Å²) in [7, 11) is 0. The molecule has 0 aliphatic carbocycles. The molecular weight excluding hydrogens is 138 g/mol. The van der Waals surface area contributed by atoms with Crippen LogP contribution in [0.25, 0.3) is 0 Å². The van der Waals surface area contributed by atoms with Gasteiger partial charge in [0.25, 0.3) is 0 Å². The van der Waals surface area contributed by atoms with Gasteiger partial charge in [0.2, 0.25) is 0 Å². The summed E-state index contributed by atoms with van der Waals surface area (Å²) in [6, 6.07) is 0. The zero-order valence-electron chi connectivity index (χ0n) is 7.09. The zero-order chi connectivity index (χ0) is 8.10. The fourth-order valence-electron chi connectivity index (χ4n) is 0.781. The molecule has 0 aliphatic heterocycles. The Kier molecular flexibility index (Phi) is 2.95. The predicted octanol–water partition coefficient (Wildman–Crippen LogP) is 1.87. The van der Waals surface area contributed by atoms with Crippen molar-refractivity contribution >= 4 is 5.82 Å². The molecule has 3 nitrogen and oxygen atoms in total. The Balaban J connectivity index is 2.23. The molecule has 0 bridgehead atoms. The normalized spacial score (nSPS) is 12.9. The van der Waals surface area contributed by atoms with Crippen LogP contribution < -0.4 is 5.32 Å². The fraction of sp³-hybridized carbons (Fsp3) is 0.625. The van der Waals surface area contributed by atoms with Crippen molar-refractivity contribution in [3.05, 3.63) is 12.5 Å². The molecule has 0 fully saturated rings. The van der Waals surface area contributed by atoms with E-state index < -0.39 is 0 Å². The van der Waals surface area contributed by atoms with Gasteiger partial charge in [0.05, 0.1) is 12.5 Å². The highest BCUT2D eigenvalue weighted by Crippen LogP contribution is 2.03. The average molecular weight is 153 g/mol.